The predicted molar refractivity (Wildman–Crippen MR) is 85.9 cm³/mol. The first-order valence-electron chi connectivity index (χ1n) is 7.02. The smallest absolute Gasteiger partial charge is 0.234 e. The van der Waals surface area contributed by atoms with Gasteiger partial charge < -0.3 is 10.6 Å². The van der Waals surface area contributed by atoms with Crippen molar-refractivity contribution in [3.63, 3.8) is 0 Å². The second kappa shape index (κ2) is 8.02. The third-order valence-electron chi connectivity index (χ3n) is 3.15. The van der Waals surface area contributed by atoms with Crippen LogP contribution in [0.25, 0.3) is 0 Å². The lowest BCUT2D eigenvalue weighted by atomic mass is 9.99. The number of amides is 1. The van der Waals surface area contributed by atoms with Gasteiger partial charge in [0.25, 0.3) is 0 Å². The second-order valence-electron chi connectivity index (χ2n) is 4.74. The number of carbonyl (C=O) groups excluding carboxylic acids is 1. The summed E-state index contributed by atoms with van der Waals surface area (Å²) in [4.78, 5) is 12.1. The van der Waals surface area contributed by atoms with Gasteiger partial charge in [-0.2, -0.15) is 0 Å². The quantitative estimate of drug-likeness (QED) is 0.605. The molecular formula is C18H20N2O. The maximum atomic E-state index is 12.1. The van der Waals surface area contributed by atoms with Crippen molar-refractivity contribution in [1.29, 1.82) is 0 Å². The van der Waals surface area contributed by atoms with Crippen LogP contribution >= 0.6 is 0 Å². The van der Waals surface area contributed by atoms with Crippen molar-refractivity contribution in [2.45, 2.75) is 6.04 Å². The zero-order valence-corrected chi connectivity index (χ0v) is 12.0. The molecule has 0 aliphatic rings. The van der Waals surface area contributed by atoms with E-state index in [1.54, 1.807) is 6.08 Å². The zero-order valence-electron chi connectivity index (χ0n) is 12.0. The molecule has 108 valence electrons. The zero-order chi connectivity index (χ0) is 14.9. The van der Waals surface area contributed by atoms with Crippen molar-refractivity contribution in [2.75, 3.05) is 13.1 Å². The normalized spacial score (nSPS) is 10.3. The van der Waals surface area contributed by atoms with Gasteiger partial charge in [-0.1, -0.05) is 66.7 Å². The maximum Gasteiger partial charge on any atom is 0.234 e. The average Bonchev–Trinajstić information content (AvgIpc) is 2.54. The lowest BCUT2D eigenvalue weighted by Gasteiger charge is -2.20. The number of carbonyl (C=O) groups is 1. The minimum atomic E-state index is -0.134. The van der Waals surface area contributed by atoms with Crippen LogP contribution in [0.5, 0.6) is 0 Å². The predicted octanol–water partition coefficient (Wildman–Crippen LogP) is 2.67. The Morgan fingerprint density at radius 1 is 1.00 bits per heavy atom. The molecule has 0 unspecified atom stereocenters. The Kier molecular flexibility index (Phi) is 5.73. The largest absolute Gasteiger partial charge is 0.344 e. The van der Waals surface area contributed by atoms with Crippen LogP contribution in [0.3, 0.4) is 0 Å². The van der Waals surface area contributed by atoms with Crippen molar-refractivity contribution in [3.8, 4) is 0 Å². The topological polar surface area (TPSA) is 41.1 Å². The fourth-order valence-corrected chi connectivity index (χ4v) is 2.15. The van der Waals surface area contributed by atoms with Crippen LogP contribution in [-0.2, 0) is 4.79 Å². The highest BCUT2D eigenvalue weighted by Crippen LogP contribution is 2.21. The van der Waals surface area contributed by atoms with E-state index in [4.69, 9.17) is 0 Å². The van der Waals surface area contributed by atoms with E-state index in [2.05, 4.69) is 17.2 Å². The molecule has 0 bridgehead atoms. The first-order valence-corrected chi connectivity index (χ1v) is 7.02. The van der Waals surface area contributed by atoms with Gasteiger partial charge in [0.05, 0.1) is 12.6 Å². The van der Waals surface area contributed by atoms with Crippen LogP contribution in [0.1, 0.15) is 17.2 Å². The third-order valence-corrected chi connectivity index (χ3v) is 3.15. The lowest BCUT2D eigenvalue weighted by Crippen LogP contribution is -2.36. The molecule has 0 aliphatic heterocycles. The van der Waals surface area contributed by atoms with Crippen LogP contribution < -0.4 is 10.6 Å². The van der Waals surface area contributed by atoms with E-state index in [0.717, 1.165) is 11.1 Å². The molecule has 0 aromatic heterocycles. The summed E-state index contributed by atoms with van der Waals surface area (Å²) in [6, 6.07) is 19.8. The Labute approximate surface area is 125 Å². The first kappa shape index (κ1) is 15.0. The molecular weight excluding hydrogens is 260 g/mol. The molecule has 0 heterocycles. The molecule has 0 aliphatic carbocycles. The molecule has 2 aromatic rings. The molecule has 1 amide bonds. The van der Waals surface area contributed by atoms with E-state index in [1.807, 2.05) is 60.7 Å². The van der Waals surface area contributed by atoms with Crippen molar-refractivity contribution in [2.24, 2.45) is 0 Å². The van der Waals surface area contributed by atoms with E-state index in [9.17, 15) is 4.79 Å². The summed E-state index contributed by atoms with van der Waals surface area (Å²) in [5.74, 6) is -0.0328. The summed E-state index contributed by atoms with van der Waals surface area (Å²) in [5, 5.41) is 6.09. The van der Waals surface area contributed by atoms with Crippen molar-refractivity contribution in [1.82, 2.24) is 10.6 Å². The molecule has 0 fully saturated rings. The molecule has 0 atom stereocenters. The molecule has 2 N–H and O–H groups in total. The van der Waals surface area contributed by atoms with Gasteiger partial charge >= 0.3 is 0 Å². The first-order chi connectivity index (χ1) is 10.3. The number of hydrogen-bond acceptors (Lipinski definition) is 2. The van der Waals surface area contributed by atoms with E-state index in [1.165, 1.54) is 0 Å². The van der Waals surface area contributed by atoms with Gasteiger partial charge in [0.15, 0.2) is 0 Å². The number of benzene rings is 2. The van der Waals surface area contributed by atoms with Gasteiger partial charge in [-0.3, -0.25) is 4.79 Å². The lowest BCUT2D eigenvalue weighted by molar-refractivity contribution is -0.120. The van der Waals surface area contributed by atoms with Gasteiger partial charge in [-0.15, -0.1) is 6.58 Å². The Hall–Kier alpha value is -2.39. The van der Waals surface area contributed by atoms with Gasteiger partial charge in [-0.25, -0.2) is 0 Å². The van der Waals surface area contributed by atoms with E-state index in [0.29, 0.717) is 6.54 Å². The summed E-state index contributed by atoms with van der Waals surface area (Å²) < 4.78 is 0. The maximum absolute atomic E-state index is 12.1. The Bertz CT molecular complexity index is 527. The van der Waals surface area contributed by atoms with E-state index < -0.39 is 0 Å². The van der Waals surface area contributed by atoms with Crippen LogP contribution in [0.15, 0.2) is 73.3 Å². The monoisotopic (exact) mass is 280 g/mol. The molecule has 2 rings (SSSR count). The van der Waals surface area contributed by atoms with Crippen LogP contribution in [0, 0.1) is 0 Å². The van der Waals surface area contributed by atoms with Gasteiger partial charge in [0.2, 0.25) is 5.91 Å². The molecule has 0 saturated carbocycles. The highest BCUT2D eigenvalue weighted by molar-refractivity contribution is 5.79. The second-order valence-corrected chi connectivity index (χ2v) is 4.74. The average molecular weight is 280 g/mol. The van der Waals surface area contributed by atoms with Gasteiger partial charge in [0.1, 0.15) is 0 Å². The fourth-order valence-electron chi connectivity index (χ4n) is 2.15. The molecule has 2 aromatic carbocycles. The van der Waals surface area contributed by atoms with E-state index >= 15 is 0 Å². The van der Waals surface area contributed by atoms with Gasteiger partial charge in [0, 0.05) is 6.54 Å². The number of nitrogens with one attached hydrogen (secondary N) is 2. The standard InChI is InChI=1S/C18H20N2O/c1-2-13-19-14-17(21)20-18(15-9-5-3-6-10-15)16-11-7-4-8-12-16/h2-12,18-19H,1,13-14H2,(H,20,21). The molecule has 21 heavy (non-hydrogen) atoms. The van der Waals surface area contributed by atoms with Crippen LogP contribution in [0.4, 0.5) is 0 Å². The number of rotatable bonds is 7. The van der Waals surface area contributed by atoms with Crippen molar-refractivity contribution >= 4 is 5.91 Å². The summed E-state index contributed by atoms with van der Waals surface area (Å²) in [6.45, 7) is 4.52. The highest BCUT2D eigenvalue weighted by atomic mass is 16.1. The third kappa shape index (κ3) is 4.58. The van der Waals surface area contributed by atoms with Crippen molar-refractivity contribution < 1.29 is 4.79 Å². The molecule has 3 nitrogen and oxygen atoms in total. The van der Waals surface area contributed by atoms with E-state index in [-0.39, 0.29) is 18.5 Å². The summed E-state index contributed by atoms with van der Waals surface area (Å²) in [6.07, 6.45) is 1.74. The Morgan fingerprint density at radius 3 is 2.00 bits per heavy atom. The van der Waals surface area contributed by atoms with Crippen LogP contribution in [-0.4, -0.2) is 19.0 Å². The van der Waals surface area contributed by atoms with Crippen LogP contribution in [0.2, 0.25) is 0 Å². The summed E-state index contributed by atoms with van der Waals surface area (Å²) in [5.41, 5.74) is 2.14. The minimum Gasteiger partial charge on any atom is -0.344 e. The SMILES string of the molecule is C=CCNCC(=O)NC(c1ccccc1)c1ccccc1. The Morgan fingerprint density at radius 2 is 1.52 bits per heavy atom. The Balaban J connectivity index is 2.14. The van der Waals surface area contributed by atoms with Crippen molar-refractivity contribution in [3.05, 3.63) is 84.4 Å². The molecule has 0 radical (unpaired) electrons. The number of hydrogen-bond donors (Lipinski definition) is 2. The molecule has 3 heteroatoms. The fraction of sp³-hybridized carbons (Fsp3) is 0.167. The summed E-state index contributed by atoms with van der Waals surface area (Å²) in [7, 11) is 0. The molecule has 0 saturated heterocycles. The minimum absolute atomic E-state index is 0.0328. The molecule has 0 spiro atoms. The highest BCUT2D eigenvalue weighted by Gasteiger charge is 2.15. The summed E-state index contributed by atoms with van der Waals surface area (Å²) >= 11 is 0. The van der Waals surface area contributed by atoms with Gasteiger partial charge in [-0.05, 0) is 11.1 Å².